The zero-order chi connectivity index (χ0) is 14.1. The molecular formula is C11H15Cl5OS. The molecule has 7 heteroatoms. The van der Waals surface area contributed by atoms with Crippen LogP contribution in [0.3, 0.4) is 0 Å². The van der Waals surface area contributed by atoms with E-state index >= 15 is 0 Å². The Morgan fingerprint density at radius 2 is 1.44 bits per heavy atom. The summed E-state index contributed by atoms with van der Waals surface area (Å²) in [6.07, 6.45) is 5.36. The summed E-state index contributed by atoms with van der Waals surface area (Å²) in [5.41, 5.74) is 0. The van der Waals surface area contributed by atoms with Gasteiger partial charge in [0, 0.05) is 5.75 Å². The van der Waals surface area contributed by atoms with Crippen molar-refractivity contribution in [2.75, 3.05) is 5.75 Å². The van der Waals surface area contributed by atoms with E-state index < -0.39 is 10.8 Å². The van der Waals surface area contributed by atoms with Gasteiger partial charge in [-0.15, -0.1) is 0 Å². The van der Waals surface area contributed by atoms with Crippen LogP contribution >= 0.6 is 58.0 Å². The van der Waals surface area contributed by atoms with Crippen molar-refractivity contribution in [1.29, 1.82) is 0 Å². The van der Waals surface area contributed by atoms with Crippen molar-refractivity contribution in [2.24, 2.45) is 0 Å². The molecule has 0 rings (SSSR count). The van der Waals surface area contributed by atoms with Gasteiger partial charge in [-0.25, -0.2) is 0 Å². The van der Waals surface area contributed by atoms with Gasteiger partial charge in [-0.1, -0.05) is 90.6 Å². The molecule has 0 aliphatic rings. The van der Waals surface area contributed by atoms with E-state index in [4.69, 9.17) is 58.0 Å². The van der Waals surface area contributed by atoms with Crippen LogP contribution in [0.2, 0.25) is 0 Å². The summed E-state index contributed by atoms with van der Waals surface area (Å²) in [4.78, 5) is 0. The van der Waals surface area contributed by atoms with Gasteiger partial charge in [-0.3, -0.25) is 4.21 Å². The molecule has 0 N–H and O–H groups in total. The SMILES string of the molecule is CCCCCCCS(=O)C(Cl)=C(Cl)C(Cl)=C(Cl)Cl. The molecular weight excluding hydrogens is 357 g/mol. The molecule has 0 aromatic heterocycles. The quantitative estimate of drug-likeness (QED) is 0.364. The fraction of sp³-hybridized carbons (Fsp3) is 0.636. The highest BCUT2D eigenvalue weighted by molar-refractivity contribution is 7.90. The van der Waals surface area contributed by atoms with Crippen LogP contribution < -0.4 is 0 Å². The van der Waals surface area contributed by atoms with Gasteiger partial charge >= 0.3 is 0 Å². The zero-order valence-electron chi connectivity index (χ0n) is 9.95. The molecule has 0 aromatic rings. The van der Waals surface area contributed by atoms with Crippen molar-refractivity contribution in [1.82, 2.24) is 0 Å². The number of hydrogen-bond acceptors (Lipinski definition) is 1. The van der Waals surface area contributed by atoms with E-state index in [9.17, 15) is 4.21 Å². The summed E-state index contributed by atoms with van der Waals surface area (Å²) in [7, 11) is -1.36. The third-order valence-electron chi connectivity index (χ3n) is 2.16. The fourth-order valence-electron chi connectivity index (χ4n) is 1.20. The molecule has 0 amide bonds. The van der Waals surface area contributed by atoms with Gasteiger partial charge < -0.3 is 0 Å². The van der Waals surface area contributed by atoms with Gasteiger partial charge in [0.1, 0.15) is 8.86 Å². The Labute approximate surface area is 136 Å². The van der Waals surface area contributed by atoms with Gasteiger partial charge in [0.25, 0.3) is 0 Å². The average molecular weight is 373 g/mol. The summed E-state index contributed by atoms with van der Waals surface area (Å²) in [6, 6.07) is 0. The molecule has 106 valence electrons. The van der Waals surface area contributed by atoms with Crippen molar-refractivity contribution >= 4 is 68.8 Å². The van der Waals surface area contributed by atoms with Crippen LogP contribution in [0.25, 0.3) is 0 Å². The first-order chi connectivity index (χ1) is 8.41. The van der Waals surface area contributed by atoms with E-state index in [0.29, 0.717) is 5.75 Å². The minimum atomic E-state index is -1.36. The van der Waals surface area contributed by atoms with Crippen LogP contribution in [0.5, 0.6) is 0 Å². The molecule has 0 spiro atoms. The molecule has 0 aliphatic heterocycles. The predicted octanol–water partition coefficient (Wildman–Crippen LogP) is 6.24. The van der Waals surface area contributed by atoms with Crippen LogP contribution in [-0.2, 0) is 10.8 Å². The third kappa shape index (κ3) is 7.62. The van der Waals surface area contributed by atoms with Crippen molar-refractivity contribution in [3.05, 3.63) is 18.9 Å². The minimum Gasteiger partial charge on any atom is -0.253 e. The van der Waals surface area contributed by atoms with E-state index in [2.05, 4.69) is 6.92 Å². The highest BCUT2D eigenvalue weighted by Crippen LogP contribution is 2.32. The van der Waals surface area contributed by atoms with Crippen molar-refractivity contribution in [3.8, 4) is 0 Å². The second-order valence-electron chi connectivity index (χ2n) is 3.63. The Balaban J connectivity index is 4.34. The van der Waals surface area contributed by atoms with Gasteiger partial charge in [0.15, 0.2) is 0 Å². The standard InChI is InChI=1S/C11H15Cl5OS/c1-2-3-4-5-6-7-18(17)11(16)9(13)8(12)10(14)15/h2-7H2,1H3. The molecule has 0 aliphatic carbocycles. The van der Waals surface area contributed by atoms with Gasteiger partial charge in [0.05, 0.1) is 20.9 Å². The maximum Gasteiger partial charge on any atom is 0.127 e. The molecule has 0 aromatic carbocycles. The summed E-state index contributed by atoms with van der Waals surface area (Å²) < 4.78 is 11.6. The highest BCUT2D eigenvalue weighted by atomic mass is 35.5. The maximum atomic E-state index is 11.8. The number of hydrogen-bond donors (Lipinski definition) is 0. The Morgan fingerprint density at radius 3 is 1.94 bits per heavy atom. The van der Waals surface area contributed by atoms with Gasteiger partial charge in [-0.2, -0.15) is 0 Å². The van der Waals surface area contributed by atoms with Crippen molar-refractivity contribution in [2.45, 2.75) is 39.0 Å². The van der Waals surface area contributed by atoms with E-state index in [1.807, 2.05) is 0 Å². The Morgan fingerprint density at radius 1 is 0.889 bits per heavy atom. The number of halogens is 5. The molecule has 0 radical (unpaired) electrons. The second-order valence-corrected chi connectivity index (χ2v) is 7.44. The zero-order valence-corrected chi connectivity index (χ0v) is 14.5. The summed E-state index contributed by atoms with van der Waals surface area (Å²) in [5, 5.41) is -0.130. The number of rotatable bonds is 8. The lowest BCUT2D eigenvalue weighted by molar-refractivity contribution is 0.649. The molecule has 1 nitrogen and oxygen atoms in total. The molecule has 18 heavy (non-hydrogen) atoms. The first kappa shape index (κ1) is 19.1. The molecule has 1 unspecified atom stereocenters. The lowest BCUT2D eigenvalue weighted by Gasteiger charge is -2.04. The molecule has 0 fully saturated rings. The lowest BCUT2D eigenvalue weighted by Crippen LogP contribution is -1.99. The second kappa shape index (κ2) is 10.8. The van der Waals surface area contributed by atoms with Crippen molar-refractivity contribution < 1.29 is 4.21 Å². The van der Waals surface area contributed by atoms with E-state index in [0.717, 1.165) is 19.3 Å². The molecule has 0 saturated heterocycles. The maximum absolute atomic E-state index is 11.8. The smallest absolute Gasteiger partial charge is 0.127 e. The molecule has 1 atom stereocenters. The predicted molar refractivity (Wildman–Crippen MR) is 85.1 cm³/mol. The monoisotopic (exact) mass is 370 g/mol. The Kier molecular flexibility index (Phi) is 11.5. The largest absolute Gasteiger partial charge is 0.253 e. The molecule has 0 heterocycles. The Bertz CT molecular complexity index is 347. The number of allylic oxidation sites excluding steroid dienone is 2. The topological polar surface area (TPSA) is 17.1 Å². The minimum absolute atomic E-state index is 0.00374. The summed E-state index contributed by atoms with van der Waals surface area (Å²) >= 11 is 28.4. The van der Waals surface area contributed by atoms with Gasteiger partial charge in [0.2, 0.25) is 0 Å². The van der Waals surface area contributed by atoms with E-state index in [1.165, 1.54) is 12.8 Å². The van der Waals surface area contributed by atoms with E-state index in [-0.39, 0.29) is 18.9 Å². The average Bonchev–Trinajstić information content (AvgIpc) is 2.35. The van der Waals surface area contributed by atoms with Crippen LogP contribution in [0.15, 0.2) is 18.9 Å². The first-order valence-electron chi connectivity index (χ1n) is 5.56. The normalized spacial score (nSPS) is 14.1. The summed E-state index contributed by atoms with van der Waals surface area (Å²) in [5.74, 6) is 0.461. The van der Waals surface area contributed by atoms with Crippen LogP contribution in [-0.4, -0.2) is 9.96 Å². The van der Waals surface area contributed by atoms with Crippen LogP contribution in [0.4, 0.5) is 0 Å². The number of unbranched alkanes of at least 4 members (excludes halogenated alkanes) is 4. The molecule has 0 saturated carbocycles. The molecule has 0 bridgehead atoms. The van der Waals surface area contributed by atoms with Crippen LogP contribution in [0, 0.1) is 0 Å². The highest BCUT2D eigenvalue weighted by Gasteiger charge is 2.14. The van der Waals surface area contributed by atoms with Gasteiger partial charge in [-0.05, 0) is 6.42 Å². The van der Waals surface area contributed by atoms with Crippen LogP contribution in [0.1, 0.15) is 39.0 Å². The fourth-order valence-corrected chi connectivity index (χ4v) is 3.31. The first-order valence-corrected chi connectivity index (χ1v) is 8.77. The lowest BCUT2D eigenvalue weighted by atomic mass is 10.2. The van der Waals surface area contributed by atoms with E-state index in [1.54, 1.807) is 0 Å². The third-order valence-corrected chi connectivity index (χ3v) is 5.77. The van der Waals surface area contributed by atoms with Crippen molar-refractivity contribution in [3.63, 3.8) is 0 Å². The summed E-state index contributed by atoms with van der Waals surface area (Å²) in [6.45, 7) is 2.14. The Hall–Kier alpha value is 1.08.